The minimum absolute atomic E-state index is 0.0613. The maximum absolute atomic E-state index is 12.8. The molecule has 0 amide bonds. The molecule has 10 heteroatoms. The highest BCUT2D eigenvalue weighted by atomic mass is 35.5. The number of carbonyl (C=O) groups is 2. The smallest absolute Gasteiger partial charge is 0.328 e. The Labute approximate surface area is 195 Å². The lowest BCUT2D eigenvalue weighted by Crippen LogP contribution is -2.24. The van der Waals surface area contributed by atoms with E-state index in [1.807, 2.05) is 6.07 Å². The Morgan fingerprint density at radius 2 is 2.03 bits per heavy atom. The summed E-state index contributed by atoms with van der Waals surface area (Å²) in [4.78, 5) is 40.7. The molecule has 0 radical (unpaired) electrons. The summed E-state index contributed by atoms with van der Waals surface area (Å²) in [5.74, 6) is -0.886. The monoisotopic (exact) mass is 469 g/mol. The Balaban J connectivity index is 2.02. The zero-order valence-corrected chi connectivity index (χ0v) is 19.6. The Morgan fingerprint density at radius 3 is 2.67 bits per heavy atom. The van der Waals surface area contributed by atoms with Gasteiger partial charge in [-0.3, -0.25) is 18.7 Å². The van der Waals surface area contributed by atoms with Crippen molar-refractivity contribution < 1.29 is 14.3 Å². The fraction of sp³-hybridized carbons (Fsp3) is 0.348. The van der Waals surface area contributed by atoms with Gasteiger partial charge in [0.15, 0.2) is 5.78 Å². The second-order valence-corrected chi connectivity index (χ2v) is 8.00. The Kier molecular flexibility index (Phi) is 7.19. The van der Waals surface area contributed by atoms with Gasteiger partial charge in [-0.05, 0) is 30.7 Å². The molecule has 1 aromatic carbocycles. The number of ketones is 1. The number of imidazole rings is 1. The minimum Gasteiger partial charge on any atom is -0.469 e. The summed E-state index contributed by atoms with van der Waals surface area (Å²) in [5, 5.41) is 12.6. The molecule has 0 saturated heterocycles. The Morgan fingerprint density at radius 1 is 1.30 bits per heavy atom. The van der Waals surface area contributed by atoms with Gasteiger partial charge in [-0.2, -0.15) is 5.26 Å². The number of ether oxygens (including phenoxy) is 1. The van der Waals surface area contributed by atoms with Gasteiger partial charge in [0.1, 0.15) is 22.5 Å². The second-order valence-electron chi connectivity index (χ2n) is 7.64. The highest BCUT2D eigenvalue weighted by Crippen LogP contribution is 2.28. The second kappa shape index (κ2) is 9.88. The van der Waals surface area contributed by atoms with Crippen molar-refractivity contribution >= 4 is 45.8 Å². The average molecular weight is 470 g/mol. The topological polar surface area (TPSA) is 119 Å². The van der Waals surface area contributed by atoms with Gasteiger partial charge >= 0.3 is 11.7 Å². The highest BCUT2D eigenvalue weighted by molar-refractivity contribution is 6.31. The van der Waals surface area contributed by atoms with E-state index in [2.05, 4.69) is 10.3 Å². The summed E-state index contributed by atoms with van der Waals surface area (Å²) in [5.41, 5.74) is 2.38. The third-order valence-electron chi connectivity index (χ3n) is 5.51. The van der Waals surface area contributed by atoms with Crippen molar-refractivity contribution in [1.29, 1.82) is 5.26 Å². The minimum atomic E-state index is -0.356. The van der Waals surface area contributed by atoms with Gasteiger partial charge in [0.05, 0.1) is 29.7 Å². The third-order valence-corrected chi connectivity index (χ3v) is 5.78. The molecule has 1 N–H and O–H groups in total. The molecule has 3 aromatic rings. The summed E-state index contributed by atoms with van der Waals surface area (Å²) in [6.45, 7) is 3.79. The van der Waals surface area contributed by atoms with Gasteiger partial charge in [-0.25, -0.2) is 9.78 Å². The number of aromatic nitrogens is 3. The van der Waals surface area contributed by atoms with Crippen LogP contribution in [0.25, 0.3) is 11.0 Å². The van der Waals surface area contributed by atoms with Crippen LogP contribution in [0.2, 0.25) is 5.15 Å². The Hall–Kier alpha value is -3.64. The maximum Gasteiger partial charge on any atom is 0.328 e. The van der Waals surface area contributed by atoms with Crippen LogP contribution in [0.5, 0.6) is 0 Å². The number of methoxy groups -OCH3 is 1. The number of esters is 1. The number of nitrogens with one attached hydrogen (secondary N) is 1. The van der Waals surface area contributed by atoms with Gasteiger partial charge in [-0.1, -0.05) is 25.4 Å². The average Bonchev–Trinajstić information content (AvgIpc) is 3.05. The van der Waals surface area contributed by atoms with E-state index in [0.29, 0.717) is 35.4 Å². The van der Waals surface area contributed by atoms with E-state index < -0.39 is 0 Å². The van der Waals surface area contributed by atoms with Gasteiger partial charge < -0.3 is 10.1 Å². The molecule has 0 fully saturated rings. The van der Waals surface area contributed by atoms with Crippen LogP contribution < -0.4 is 11.0 Å². The number of nitrogens with zero attached hydrogens (tertiary/aromatic N) is 4. The van der Waals surface area contributed by atoms with E-state index in [0.717, 1.165) is 0 Å². The molecular weight excluding hydrogens is 446 g/mol. The van der Waals surface area contributed by atoms with Crippen LogP contribution in [0.3, 0.4) is 0 Å². The van der Waals surface area contributed by atoms with Gasteiger partial charge in [0, 0.05) is 25.7 Å². The number of aryl methyl sites for hydroxylation is 2. The quantitative estimate of drug-likeness (QED) is 0.302. The molecule has 0 bridgehead atoms. The lowest BCUT2D eigenvalue weighted by atomic mass is 10.1. The van der Waals surface area contributed by atoms with Crippen molar-refractivity contribution in [2.24, 2.45) is 13.0 Å². The number of nitriles is 1. The first-order valence-electron chi connectivity index (χ1n) is 10.4. The molecule has 9 nitrogen and oxygen atoms in total. The first-order valence-corrected chi connectivity index (χ1v) is 10.8. The molecule has 0 aliphatic rings. The van der Waals surface area contributed by atoms with Crippen molar-refractivity contribution in [3.8, 4) is 6.07 Å². The summed E-state index contributed by atoms with van der Waals surface area (Å²) in [7, 11) is 3.01. The first-order chi connectivity index (χ1) is 15.7. The van der Waals surface area contributed by atoms with Crippen LogP contribution in [0.15, 0.2) is 29.1 Å². The lowest BCUT2D eigenvalue weighted by molar-refractivity contribution is -0.145. The van der Waals surface area contributed by atoms with E-state index in [1.54, 1.807) is 43.7 Å². The Bertz CT molecular complexity index is 1340. The number of rotatable bonds is 8. The number of Topliss-reactive ketones (excluding diaryl/α,β-unsaturated/α-hetero) is 1. The summed E-state index contributed by atoms with van der Waals surface area (Å²) >= 11 is 6.14. The molecule has 0 aliphatic carbocycles. The third kappa shape index (κ3) is 4.76. The van der Waals surface area contributed by atoms with Crippen molar-refractivity contribution in [3.63, 3.8) is 0 Å². The molecule has 0 aliphatic heterocycles. The number of benzene rings is 1. The van der Waals surface area contributed by atoms with Crippen molar-refractivity contribution in [1.82, 2.24) is 14.1 Å². The molecule has 1 atom stereocenters. The van der Waals surface area contributed by atoms with Gasteiger partial charge in [0.2, 0.25) is 0 Å². The molecule has 0 saturated carbocycles. The van der Waals surface area contributed by atoms with Crippen LogP contribution in [0.1, 0.15) is 42.7 Å². The SMILES string of the molecule is CCC(=O)c1cc(Nc2ccc3c(c2)n(CCC(C)C(=O)OC)c(=O)n3C)c(C#N)c(Cl)n1. The summed E-state index contributed by atoms with van der Waals surface area (Å²) in [6.07, 6.45) is 0.686. The molecule has 2 heterocycles. The van der Waals surface area contributed by atoms with E-state index in [1.165, 1.54) is 17.7 Å². The van der Waals surface area contributed by atoms with Crippen LogP contribution in [-0.2, 0) is 23.1 Å². The highest BCUT2D eigenvalue weighted by Gasteiger charge is 2.18. The first kappa shape index (κ1) is 24.0. The zero-order valence-electron chi connectivity index (χ0n) is 18.8. The molecule has 172 valence electrons. The molecule has 33 heavy (non-hydrogen) atoms. The number of pyridine rings is 1. The van der Waals surface area contributed by atoms with Crippen LogP contribution >= 0.6 is 11.6 Å². The number of fused-ring (bicyclic) bond motifs is 1. The standard InChI is InChI=1S/C23H24ClN5O4/c1-5-20(30)17-11-16(15(12-25)21(24)27-17)26-14-6-7-18-19(10-14)29(23(32)28(18)3)9-8-13(2)22(31)33-4/h6-7,10-11,13H,5,8-9H2,1-4H3,(H,26,27). The fourth-order valence-corrected chi connectivity index (χ4v) is 3.78. The molecule has 2 aromatic heterocycles. The molecular formula is C23H24ClN5O4. The summed E-state index contributed by atoms with van der Waals surface area (Å²) in [6, 6.07) is 8.83. The number of hydrogen-bond donors (Lipinski definition) is 1. The lowest BCUT2D eigenvalue weighted by Gasteiger charge is -2.12. The van der Waals surface area contributed by atoms with Crippen molar-refractivity contribution in [2.75, 3.05) is 12.4 Å². The summed E-state index contributed by atoms with van der Waals surface area (Å²) < 4.78 is 7.89. The van der Waals surface area contributed by atoms with E-state index >= 15 is 0 Å². The zero-order chi connectivity index (χ0) is 24.3. The van der Waals surface area contributed by atoms with Gasteiger partial charge in [-0.15, -0.1) is 0 Å². The van der Waals surface area contributed by atoms with Crippen LogP contribution in [0.4, 0.5) is 11.4 Å². The number of carbonyl (C=O) groups excluding carboxylic acids is 2. The number of anilines is 2. The largest absolute Gasteiger partial charge is 0.469 e. The van der Waals surface area contributed by atoms with E-state index in [4.69, 9.17) is 16.3 Å². The predicted octanol–water partition coefficient (Wildman–Crippen LogP) is 3.80. The number of hydrogen-bond acceptors (Lipinski definition) is 7. The fourth-order valence-electron chi connectivity index (χ4n) is 3.54. The van der Waals surface area contributed by atoms with E-state index in [-0.39, 0.29) is 46.2 Å². The maximum atomic E-state index is 12.8. The van der Waals surface area contributed by atoms with Crippen molar-refractivity contribution in [2.45, 2.75) is 33.2 Å². The number of halogens is 1. The van der Waals surface area contributed by atoms with Crippen LogP contribution in [-0.4, -0.2) is 33.0 Å². The molecule has 1 unspecified atom stereocenters. The molecule has 0 spiro atoms. The van der Waals surface area contributed by atoms with E-state index in [9.17, 15) is 19.6 Å². The normalized spacial score (nSPS) is 11.8. The predicted molar refractivity (Wildman–Crippen MR) is 125 cm³/mol. The van der Waals surface area contributed by atoms with Gasteiger partial charge in [0.25, 0.3) is 0 Å². The molecule has 3 rings (SSSR count). The van der Waals surface area contributed by atoms with Crippen molar-refractivity contribution in [3.05, 3.63) is 51.2 Å². The van der Waals surface area contributed by atoms with Crippen LogP contribution in [0, 0.1) is 17.2 Å².